The monoisotopic (exact) mass is 240 g/mol. The van der Waals surface area contributed by atoms with Crippen molar-refractivity contribution < 1.29 is 4.74 Å². The Morgan fingerprint density at radius 3 is 2.69 bits per heavy atom. The first-order chi connectivity index (χ1) is 6.38. The van der Waals surface area contributed by atoms with Gasteiger partial charge < -0.3 is 4.74 Å². The smallest absolute Gasteiger partial charge is 0.0741 e. The van der Waals surface area contributed by atoms with Crippen LogP contribution in [0.2, 0.25) is 0 Å². The lowest BCUT2D eigenvalue weighted by molar-refractivity contribution is 0.110. The summed E-state index contributed by atoms with van der Waals surface area (Å²) in [6, 6.07) is 10.5. The van der Waals surface area contributed by atoms with Gasteiger partial charge in [-0.15, -0.1) is 0 Å². The highest BCUT2D eigenvalue weighted by atomic mass is 79.9. The molecule has 0 aromatic heterocycles. The van der Waals surface area contributed by atoms with Crippen LogP contribution in [0.5, 0.6) is 0 Å². The van der Waals surface area contributed by atoms with Crippen LogP contribution in [0.15, 0.2) is 30.3 Å². The molecular weight excluding hydrogens is 228 g/mol. The number of alkyl halides is 1. The second kappa shape index (κ2) is 4.25. The van der Waals surface area contributed by atoms with E-state index in [-0.39, 0.29) is 0 Å². The first-order valence-electron chi connectivity index (χ1n) is 4.68. The first-order valence-corrected chi connectivity index (χ1v) is 5.60. The molecule has 1 aromatic rings. The van der Waals surface area contributed by atoms with Crippen LogP contribution in [0.25, 0.3) is 0 Å². The molecule has 0 saturated carbocycles. The van der Waals surface area contributed by atoms with E-state index >= 15 is 0 Å². The van der Waals surface area contributed by atoms with Crippen molar-refractivity contribution in [3.63, 3.8) is 0 Å². The van der Waals surface area contributed by atoms with Gasteiger partial charge in [0.25, 0.3) is 0 Å². The Balaban J connectivity index is 2.08. The molecule has 0 N–H and O–H groups in total. The van der Waals surface area contributed by atoms with Gasteiger partial charge in [-0.05, 0) is 18.4 Å². The molecule has 0 spiro atoms. The maximum absolute atomic E-state index is 5.62. The summed E-state index contributed by atoms with van der Waals surface area (Å²) in [6.45, 7) is 0.916. The minimum atomic E-state index is 0.358. The van der Waals surface area contributed by atoms with Gasteiger partial charge in [0.05, 0.1) is 10.9 Å². The molecule has 70 valence electrons. The van der Waals surface area contributed by atoms with Crippen LogP contribution in [0.3, 0.4) is 0 Å². The van der Waals surface area contributed by atoms with E-state index in [0.717, 1.165) is 6.61 Å². The van der Waals surface area contributed by atoms with Gasteiger partial charge in [0, 0.05) is 6.61 Å². The summed E-state index contributed by atoms with van der Waals surface area (Å²) in [4.78, 5) is 0.358. The highest BCUT2D eigenvalue weighted by Gasteiger charge is 2.24. The average molecular weight is 241 g/mol. The second-order valence-electron chi connectivity index (χ2n) is 3.36. The lowest BCUT2D eigenvalue weighted by atomic mass is 10.1. The highest BCUT2D eigenvalue weighted by molar-refractivity contribution is 9.09. The molecule has 1 fully saturated rings. The van der Waals surface area contributed by atoms with E-state index in [1.807, 2.05) is 6.07 Å². The summed E-state index contributed by atoms with van der Waals surface area (Å²) in [5.74, 6) is 0. The largest absolute Gasteiger partial charge is 0.377 e. The fourth-order valence-electron chi connectivity index (χ4n) is 1.68. The van der Waals surface area contributed by atoms with E-state index in [0.29, 0.717) is 10.9 Å². The lowest BCUT2D eigenvalue weighted by Crippen LogP contribution is -2.11. The molecule has 2 atom stereocenters. The Morgan fingerprint density at radius 1 is 1.31 bits per heavy atom. The molecule has 0 radical (unpaired) electrons. The van der Waals surface area contributed by atoms with Gasteiger partial charge in [-0.25, -0.2) is 0 Å². The zero-order valence-corrected chi connectivity index (χ0v) is 9.03. The Kier molecular flexibility index (Phi) is 3.01. The third-order valence-corrected chi connectivity index (χ3v) is 3.53. The minimum absolute atomic E-state index is 0.358. The summed E-state index contributed by atoms with van der Waals surface area (Å²) in [7, 11) is 0. The van der Waals surface area contributed by atoms with Crippen molar-refractivity contribution in [3.8, 4) is 0 Å². The van der Waals surface area contributed by atoms with Crippen LogP contribution < -0.4 is 0 Å². The Bertz CT molecular complexity index is 254. The number of hydrogen-bond donors (Lipinski definition) is 0. The molecule has 0 bridgehead atoms. The van der Waals surface area contributed by atoms with Gasteiger partial charge >= 0.3 is 0 Å². The lowest BCUT2D eigenvalue weighted by Gasteiger charge is -2.16. The van der Waals surface area contributed by atoms with Crippen LogP contribution in [0.4, 0.5) is 0 Å². The maximum Gasteiger partial charge on any atom is 0.0741 e. The molecule has 2 heteroatoms. The van der Waals surface area contributed by atoms with Gasteiger partial charge in [0.2, 0.25) is 0 Å². The van der Waals surface area contributed by atoms with E-state index in [4.69, 9.17) is 4.74 Å². The quantitative estimate of drug-likeness (QED) is 0.722. The number of ether oxygens (including phenoxy) is 1. The van der Waals surface area contributed by atoms with Crippen LogP contribution in [0, 0.1) is 0 Å². The molecule has 1 aliphatic rings. The van der Waals surface area contributed by atoms with Crippen LogP contribution in [-0.2, 0) is 4.74 Å². The zero-order chi connectivity index (χ0) is 9.10. The van der Waals surface area contributed by atoms with Crippen molar-refractivity contribution in [2.75, 3.05) is 6.61 Å². The summed E-state index contributed by atoms with van der Waals surface area (Å²) in [6.07, 6.45) is 2.73. The third-order valence-electron chi connectivity index (χ3n) is 2.41. The zero-order valence-electron chi connectivity index (χ0n) is 7.45. The van der Waals surface area contributed by atoms with Crippen molar-refractivity contribution in [3.05, 3.63) is 35.9 Å². The molecule has 0 aliphatic carbocycles. The van der Waals surface area contributed by atoms with Crippen molar-refractivity contribution >= 4 is 15.9 Å². The predicted octanol–water partition coefficient (Wildman–Crippen LogP) is 3.30. The molecule has 2 rings (SSSR count). The van der Waals surface area contributed by atoms with E-state index < -0.39 is 0 Å². The molecule has 1 heterocycles. The Hall–Kier alpha value is -0.340. The van der Waals surface area contributed by atoms with Crippen LogP contribution >= 0.6 is 15.9 Å². The molecule has 1 saturated heterocycles. The fourth-order valence-corrected chi connectivity index (χ4v) is 2.41. The topological polar surface area (TPSA) is 9.23 Å². The SMILES string of the molecule is Br[C@@H](c1ccccc1)[C@H]1CCCO1. The van der Waals surface area contributed by atoms with E-state index in [9.17, 15) is 0 Å². The third kappa shape index (κ3) is 2.12. The van der Waals surface area contributed by atoms with Crippen molar-refractivity contribution in [1.29, 1.82) is 0 Å². The fraction of sp³-hybridized carbons (Fsp3) is 0.455. The molecule has 0 amide bonds. The number of rotatable bonds is 2. The van der Waals surface area contributed by atoms with Crippen LogP contribution in [-0.4, -0.2) is 12.7 Å². The van der Waals surface area contributed by atoms with Gasteiger partial charge in [0.15, 0.2) is 0 Å². The molecule has 1 nitrogen and oxygen atoms in total. The molecule has 0 unspecified atom stereocenters. The number of halogens is 1. The Labute approximate surface area is 87.2 Å². The summed E-state index contributed by atoms with van der Waals surface area (Å²) in [5.41, 5.74) is 1.31. The minimum Gasteiger partial charge on any atom is -0.377 e. The van der Waals surface area contributed by atoms with Gasteiger partial charge in [-0.1, -0.05) is 46.3 Å². The van der Waals surface area contributed by atoms with Gasteiger partial charge in [-0.3, -0.25) is 0 Å². The van der Waals surface area contributed by atoms with E-state index in [1.165, 1.54) is 18.4 Å². The number of hydrogen-bond acceptors (Lipinski definition) is 1. The molecule has 1 aromatic carbocycles. The number of benzene rings is 1. The van der Waals surface area contributed by atoms with Crippen molar-refractivity contribution in [1.82, 2.24) is 0 Å². The van der Waals surface area contributed by atoms with Crippen LogP contribution in [0.1, 0.15) is 23.2 Å². The molecule has 1 aliphatic heterocycles. The summed E-state index contributed by atoms with van der Waals surface area (Å²) >= 11 is 3.69. The van der Waals surface area contributed by atoms with E-state index in [1.54, 1.807) is 0 Å². The van der Waals surface area contributed by atoms with E-state index in [2.05, 4.69) is 40.2 Å². The van der Waals surface area contributed by atoms with Gasteiger partial charge in [0.1, 0.15) is 0 Å². The van der Waals surface area contributed by atoms with Crippen molar-refractivity contribution in [2.45, 2.75) is 23.8 Å². The standard InChI is InChI=1S/C11H13BrO/c12-11(10-7-4-8-13-10)9-5-2-1-3-6-9/h1-3,5-6,10-11H,4,7-8H2/t10-,11+/m1/s1. The second-order valence-corrected chi connectivity index (χ2v) is 4.35. The van der Waals surface area contributed by atoms with Gasteiger partial charge in [-0.2, -0.15) is 0 Å². The summed E-state index contributed by atoms with van der Waals surface area (Å²) < 4.78 is 5.62. The normalized spacial score (nSPS) is 24.5. The molecule has 13 heavy (non-hydrogen) atoms. The Morgan fingerprint density at radius 2 is 2.08 bits per heavy atom. The first kappa shape index (κ1) is 9.22. The van der Waals surface area contributed by atoms with Crippen molar-refractivity contribution in [2.24, 2.45) is 0 Å². The molecular formula is C11H13BrO. The summed E-state index contributed by atoms with van der Waals surface area (Å²) in [5, 5.41) is 0. The maximum atomic E-state index is 5.62. The predicted molar refractivity (Wildman–Crippen MR) is 57.1 cm³/mol. The average Bonchev–Trinajstić information content (AvgIpc) is 2.71. The highest BCUT2D eigenvalue weighted by Crippen LogP contribution is 2.33.